The molecule has 0 aliphatic heterocycles. The van der Waals surface area contributed by atoms with Crippen LogP contribution in [0.3, 0.4) is 0 Å². The van der Waals surface area contributed by atoms with Crippen molar-refractivity contribution in [3.8, 4) is 0 Å². The number of fused-ring (bicyclic) bond motifs is 3. The second-order valence-corrected chi connectivity index (χ2v) is 3.73. The Balaban J connectivity index is 2.33. The largest absolute Gasteiger partial charge is 0.353 e. The molecule has 2 heterocycles. The fraction of sp³-hybridized carbons (Fsp3) is 0. The number of carbonyl (C=O) groups is 1. The van der Waals surface area contributed by atoms with E-state index in [1.807, 2.05) is 24.3 Å². The van der Waals surface area contributed by atoms with Crippen molar-refractivity contribution in [2.24, 2.45) is 0 Å². The van der Waals surface area contributed by atoms with E-state index in [2.05, 4.69) is 9.97 Å². The number of nitrogens with one attached hydrogen (secondary N) is 2. The van der Waals surface area contributed by atoms with Gasteiger partial charge in [0.15, 0.2) is 0 Å². The highest BCUT2D eigenvalue weighted by Gasteiger charge is 2.09. The van der Waals surface area contributed by atoms with E-state index in [4.69, 9.17) is 5.21 Å². The fourth-order valence-corrected chi connectivity index (χ4v) is 1.93. The van der Waals surface area contributed by atoms with E-state index < -0.39 is 5.91 Å². The lowest BCUT2D eigenvalue weighted by atomic mass is 10.1. The molecule has 0 bridgehead atoms. The number of hydrogen-bond donors (Lipinski definition) is 3. The van der Waals surface area contributed by atoms with Crippen LogP contribution in [-0.2, 0) is 0 Å². The summed E-state index contributed by atoms with van der Waals surface area (Å²) >= 11 is 0. The maximum atomic E-state index is 11.3. The van der Waals surface area contributed by atoms with E-state index in [9.17, 15) is 4.79 Å². The molecule has 0 spiro atoms. The lowest BCUT2D eigenvalue weighted by Crippen LogP contribution is -2.19. The van der Waals surface area contributed by atoms with Gasteiger partial charge in [-0.05, 0) is 12.1 Å². The minimum atomic E-state index is -0.614. The molecule has 5 nitrogen and oxygen atoms in total. The number of para-hydroxylation sites is 1. The van der Waals surface area contributed by atoms with Gasteiger partial charge < -0.3 is 4.98 Å². The predicted octanol–water partition coefficient (Wildman–Crippen LogP) is 1.84. The lowest BCUT2D eigenvalue weighted by Gasteiger charge is -1.97. The summed E-state index contributed by atoms with van der Waals surface area (Å²) in [5, 5.41) is 10.5. The molecular weight excluding hydrogens is 218 g/mol. The second-order valence-electron chi connectivity index (χ2n) is 3.73. The van der Waals surface area contributed by atoms with Crippen LogP contribution in [0.5, 0.6) is 0 Å². The first kappa shape index (κ1) is 9.80. The molecule has 1 amide bonds. The van der Waals surface area contributed by atoms with Crippen molar-refractivity contribution in [1.29, 1.82) is 0 Å². The van der Waals surface area contributed by atoms with Crippen LogP contribution in [-0.4, -0.2) is 21.1 Å². The number of rotatable bonds is 1. The number of H-pyrrole nitrogens is 1. The molecule has 3 N–H and O–H groups in total. The van der Waals surface area contributed by atoms with E-state index >= 15 is 0 Å². The highest BCUT2D eigenvalue weighted by molar-refractivity contribution is 6.08. The summed E-state index contributed by atoms with van der Waals surface area (Å²) in [5.41, 5.74) is 3.61. The van der Waals surface area contributed by atoms with Gasteiger partial charge in [0.05, 0.1) is 11.7 Å². The Hall–Kier alpha value is -2.40. The Bertz CT molecular complexity index is 718. The number of hydrogen-bond acceptors (Lipinski definition) is 3. The van der Waals surface area contributed by atoms with E-state index in [-0.39, 0.29) is 5.69 Å². The van der Waals surface area contributed by atoms with Gasteiger partial charge in [-0.15, -0.1) is 0 Å². The van der Waals surface area contributed by atoms with Gasteiger partial charge in [-0.2, -0.15) is 0 Å². The van der Waals surface area contributed by atoms with Crippen LogP contribution in [0, 0.1) is 0 Å². The normalized spacial score (nSPS) is 10.9. The molecular formula is C12H9N3O2. The fourth-order valence-electron chi connectivity index (χ4n) is 1.93. The maximum Gasteiger partial charge on any atom is 0.293 e. The molecule has 84 valence electrons. The number of aromatic amines is 1. The summed E-state index contributed by atoms with van der Waals surface area (Å²) in [7, 11) is 0. The first-order valence-corrected chi connectivity index (χ1v) is 5.10. The van der Waals surface area contributed by atoms with Crippen molar-refractivity contribution in [3.05, 3.63) is 42.2 Å². The van der Waals surface area contributed by atoms with Gasteiger partial charge in [-0.3, -0.25) is 10.0 Å². The minimum Gasteiger partial charge on any atom is -0.353 e. The maximum absolute atomic E-state index is 11.3. The van der Waals surface area contributed by atoms with Gasteiger partial charge in [0.2, 0.25) is 0 Å². The molecule has 0 aliphatic rings. The predicted molar refractivity (Wildman–Crippen MR) is 62.9 cm³/mol. The molecule has 17 heavy (non-hydrogen) atoms. The van der Waals surface area contributed by atoms with Crippen LogP contribution in [0.15, 0.2) is 36.5 Å². The van der Waals surface area contributed by atoms with Gasteiger partial charge in [0.25, 0.3) is 5.91 Å². The molecule has 2 aromatic heterocycles. The smallest absolute Gasteiger partial charge is 0.293 e. The summed E-state index contributed by atoms with van der Waals surface area (Å²) in [6.45, 7) is 0. The quantitative estimate of drug-likeness (QED) is 0.438. The summed E-state index contributed by atoms with van der Waals surface area (Å²) in [6.07, 6.45) is 1.58. The van der Waals surface area contributed by atoms with Gasteiger partial charge in [-0.25, -0.2) is 10.5 Å². The van der Waals surface area contributed by atoms with Crippen molar-refractivity contribution in [2.75, 3.05) is 0 Å². The molecule has 5 heteroatoms. The first-order valence-electron chi connectivity index (χ1n) is 5.10. The minimum absolute atomic E-state index is 0.185. The number of hydroxylamine groups is 1. The van der Waals surface area contributed by atoms with Gasteiger partial charge in [0, 0.05) is 16.3 Å². The number of pyridine rings is 1. The highest BCUT2D eigenvalue weighted by Crippen LogP contribution is 2.24. The summed E-state index contributed by atoms with van der Waals surface area (Å²) in [5.74, 6) is -0.614. The SMILES string of the molecule is O=C(NO)c1cc2c(cn1)[nH]c1ccccc12. The van der Waals surface area contributed by atoms with Gasteiger partial charge >= 0.3 is 0 Å². The Morgan fingerprint density at radius 3 is 2.88 bits per heavy atom. The van der Waals surface area contributed by atoms with Crippen molar-refractivity contribution in [2.45, 2.75) is 0 Å². The third kappa shape index (κ3) is 1.44. The molecule has 3 aromatic rings. The molecule has 3 rings (SSSR count). The first-order chi connectivity index (χ1) is 8.29. The molecule has 0 radical (unpaired) electrons. The van der Waals surface area contributed by atoms with E-state index in [0.717, 1.165) is 21.8 Å². The van der Waals surface area contributed by atoms with E-state index in [1.165, 1.54) is 0 Å². The molecule has 1 aromatic carbocycles. The third-order valence-electron chi connectivity index (χ3n) is 2.72. The van der Waals surface area contributed by atoms with Crippen LogP contribution >= 0.6 is 0 Å². The topological polar surface area (TPSA) is 78.0 Å². The van der Waals surface area contributed by atoms with E-state index in [1.54, 1.807) is 17.7 Å². The van der Waals surface area contributed by atoms with Crippen molar-refractivity contribution in [3.63, 3.8) is 0 Å². The standard InChI is InChI=1S/C12H9N3O2/c16-12(15-17)10-5-8-7-3-1-2-4-9(7)14-11(8)6-13-10/h1-6,14,17H,(H,15,16). The number of carbonyl (C=O) groups excluding carboxylic acids is 1. The molecule has 0 aliphatic carbocycles. The van der Waals surface area contributed by atoms with Gasteiger partial charge in [0.1, 0.15) is 5.69 Å². The highest BCUT2D eigenvalue weighted by atomic mass is 16.5. The third-order valence-corrected chi connectivity index (χ3v) is 2.72. The van der Waals surface area contributed by atoms with Crippen LogP contribution in [0.4, 0.5) is 0 Å². The van der Waals surface area contributed by atoms with E-state index in [0.29, 0.717) is 0 Å². The van der Waals surface area contributed by atoms with Crippen LogP contribution in [0.1, 0.15) is 10.5 Å². The summed E-state index contributed by atoms with van der Waals surface area (Å²) < 4.78 is 0. The Labute approximate surface area is 96.0 Å². The summed E-state index contributed by atoms with van der Waals surface area (Å²) in [4.78, 5) is 18.5. The second kappa shape index (κ2) is 3.57. The zero-order chi connectivity index (χ0) is 11.8. The van der Waals surface area contributed by atoms with Gasteiger partial charge in [-0.1, -0.05) is 18.2 Å². The van der Waals surface area contributed by atoms with Crippen molar-refractivity contribution in [1.82, 2.24) is 15.4 Å². The Morgan fingerprint density at radius 1 is 1.24 bits per heavy atom. The zero-order valence-electron chi connectivity index (χ0n) is 8.77. The molecule has 0 fully saturated rings. The molecule has 0 saturated carbocycles. The van der Waals surface area contributed by atoms with Crippen LogP contribution in [0.2, 0.25) is 0 Å². The molecule has 0 atom stereocenters. The average Bonchev–Trinajstić information content (AvgIpc) is 2.75. The average molecular weight is 227 g/mol. The lowest BCUT2D eigenvalue weighted by molar-refractivity contribution is 0.0701. The Kier molecular flexibility index (Phi) is 2.06. The number of aromatic nitrogens is 2. The number of benzene rings is 1. The van der Waals surface area contributed by atoms with Crippen molar-refractivity contribution < 1.29 is 10.0 Å². The monoisotopic (exact) mass is 227 g/mol. The van der Waals surface area contributed by atoms with Crippen molar-refractivity contribution >= 4 is 27.7 Å². The van der Waals surface area contributed by atoms with Crippen LogP contribution in [0.25, 0.3) is 21.8 Å². The summed E-state index contributed by atoms with van der Waals surface area (Å²) in [6, 6.07) is 9.45. The Morgan fingerprint density at radius 2 is 2.06 bits per heavy atom. The number of amides is 1. The van der Waals surface area contributed by atoms with Crippen LogP contribution < -0.4 is 5.48 Å². The zero-order valence-corrected chi connectivity index (χ0v) is 8.77. The molecule has 0 saturated heterocycles. The number of nitrogens with zero attached hydrogens (tertiary/aromatic N) is 1. The molecule has 0 unspecified atom stereocenters.